The number of carbonyl (C=O) groups is 2. The number of aldehydes is 1. The van der Waals surface area contributed by atoms with Crippen LogP contribution in [0.4, 0.5) is 17.2 Å². The van der Waals surface area contributed by atoms with Crippen LogP contribution in [-0.2, 0) is 0 Å². The van der Waals surface area contributed by atoms with Crippen molar-refractivity contribution in [2.45, 2.75) is 13.8 Å². The van der Waals surface area contributed by atoms with Gasteiger partial charge in [-0.2, -0.15) is 0 Å². The SMILES string of the molecule is Cc1cc(-c2cnc(N)c(C(=O)Nc3ccc(C=O)cc3)c2)cc(C)c1N1CCN(C)CC1. The summed E-state index contributed by atoms with van der Waals surface area (Å²) in [7, 11) is 2.15. The number of hydrogen-bond donors (Lipinski definition) is 2. The third-order valence-electron chi connectivity index (χ3n) is 6.11. The molecule has 0 unspecified atom stereocenters. The van der Waals surface area contributed by atoms with E-state index < -0.39 is 0 Å². The lowest BCUT2D eigenvalue weighted by Gasteiger charge is -2.36. The predicted octanol–water partition coefficient (Wildman–Crippen LogP) is 3.76. The van der Waals surface area contributed by atoms with Crippen molar-refractivity contribution in [1.29, 1.82) is 0 Å². The standard InChI is InChI=1S/C26H29N5O2/c1-17-12-20(13-18(2)24(17)31-10-8-30(3)9-11-31)21-14-23(25(27)28-15-21)26(33)29-22-6-4-19(16-32)5-7-22/h4-7,12-16H,8-11H2,1-3H3,(H2,27,28)(H,29,33). The van der Waals surface area contributed by atoms with Crippen LogP contribution in [0.25, 0.3) is 11.1 Å². The fourth-order valence-corrected chi connectivity index (χ4v) is 4.31. The molecular formula is C26H29N5O2. The summed E-state index contributed by atoms with van der Waals surface area (Å²) in [5, 5.41) is 2.82. The molecule has 2 aromatic carbocycles. The number of rotatable bonds is 5. The molecule has 0 aliphatic carbocycles. The molecule has 1 aliphatic heterocycles. The first-order valence-corrected chi connectivity index (χ1v) is 11.0. The van der Waals surface area contributed by atoms with Gasteiger partial charge in [-0.25, -0.2) is 4.98 Å². The van der Waals surface area contributed by atoms with E-state index >= 15 is 0 Å². The van der Waals surface area contributed by atoms with Gasteiger partial charge in [0.2, 0.25) is 0 Å². The lowest BCUT2D eigenvalue weighted by Crippen LogP contribution is -2.45. The first-order valence-electron chi connectivity index (χ1n) is 11.0. The monoisotopic (exact) mass is 443 g/mol. The fraction of sp³-hybridized carbons (Fsp3) is 0.269. The average Bonchev–Trinajstić information content (AvgIpc) is 2.80. The Kier molecular flexibility index (Phi) is 6.42. The first-order chi connectivity index (χ1) is 15.9. The normalized spacial score (nSPS) is 14.2. The lowest BCUT2D eigenvalue weighted by molar-refractivity contribution is 0.102. The van der Waals surface area contributed by atoms with Crippen LogP contribution in [0.1, 0.15) is 31.8 Å². The van der Waals surface area contributed by atoms with Crippen LogP contribution in [0, 0.1) is 13.8 Å². The van der Waals surface area contributed by atoms with Gasteiger partial charge >= 0.3 is 0 Å². The zero-order chi connectivity index (χ0) is 23.5. The van der Waals surface area contributed by atoms with Gasteiger partial charge in [0.25, 0.3) is 5.91 Å². The maximum Gasteiger partial charge on any atom is 0.259 e. The third-order valence-corrected chi connectivity index (χ3v) is 6.11. The molecule has 0 atom stereocenters. The molecule has 170 valence electrons. The largest absolute Gasteiger partial charge is 0.383 e. The Morgan fingerprint density at radius 3 is 2.24 bits per heavy atom. The number of nitrogen functional groups attached to an aromatic ring is 1. The number of pyridine rings is 1. The lowest BCUT2D eigenvalue weighted by atomic mass is 9.97. The second-order valence-corrected chi connectivity index (χ2v) is 8.60. The predicted molar refractivity (Wildman–Crippen MR) is 133 cm³/mol. The number of nitrogens with one attached hydrogen (secondary N) is 1. The van der Waals surface area contributed by atoms with E-state index in [2.05, 4.69) is 53.1 Å². The van der Waals surface area contributed by atoms with E-state index in [0.717, 1.165) is 43.6 Å². The van der Waals surface area contributed by atoms with Crippen LogP contribution < -0.4 is 16.0 Å². The smallest absolute Gasteiger partial charge is 0.259 e. The van der Waals surface area contributed by atoms with E-state index in [4.69, 9.17) is 5.73 Å². The van der Waals surface area contributed by atoms with Crippen molar-refractivity contribution in [3.05, 3.63) is 70.9 Å². The molecule has 7 nitrogen and oxygen atoms in total. The molecule has 1 amide bonds. The minimum absolute atomic E-state index is 0.170. The number of aromatic nitrogens is 1. The number of likely N-dealkylation sites (N-methyl/N-ethyl adjacent to an activating group) is 1. The van der Waals surface area contributed by atoms with Gasteiger partial charge in [0.1, 0.15) is 12.1 Å². The summed E-state index contributed by atoms with van der Waals surface area (Å²) in [4.78, 5) is 32.8. The number of amides is 1. The first kappa shape index (κ1) is 22.5. The number of carbonyl (C=O) groups excluding carboxylic acids is 2. The number of hydrogen-bond acceptors (Lipinski definition) is 6. The zero-order valence-corrected chi connectivity index (χ0v) is 19.3. The van der Waals surface area contributed by atoms with E-state index in [9.17, 15) is 9.59 Å². The van der Waals surface area contributed by atoms with Crippen LogP contribution in [0.3, 0.4) is 0 Å². The molecule has 0 radical (unpaired) electrons. The van der Waals surface area contributed by atoms with Gasteiger partial charge in [-0.1, -0.05) is 0 Å². The second kappa shape index (κ2) is 9.42. The molecule has 4 rings (SSSR count). The van der Waals surface area contributed by atoms with Crippen LogP contribution >= 0.6 is 0 Å². The van der Waals surface area contributed by atoms with Crippen LogP contribution in [0.5, 0.6) is 0 Å². The average molecular weight is 444 g/mol. The second-order valence-electron chi connectivity index (χ2n) is 8.60. The van der Waals surface area contributed by atoms with Crippen LogP contribution in [0.15, 0.2) is 48.7 Å². The van der Waals surface area contributed by atoms with Crippen molar-refractivity contribution in [3.8, 4) is 11.1 Å². The van der Waals surface area contributed by atoms with Crippen molar-refractivity contribution in [2.24, 2.45) is 0 Å². The van der Waals surface area contributed by atoms with Gasteiger partial charge in [-0.15, -0.1) is 0 Å². The summed E-state index contributed by atoms with van der Waals surface area (Å²) < 4.78 is 0. The fourth-order valence-electron chi connectivity index (χ4n) is 4.31. The van der Waals surface area contributed by atoms with Gasteiger partial charge in [0.05, 0.1) is 5.56 Å². The van der Waals surface area contributed by atoms with Crippen LogP contribution in [-0.4, -0.2) is 55.3 Å². The Balaban J connectivity index is 1.60. The summed E-state index contributed by atoms with van der Waals surface area (Å²) in [6.07, 6.45) is 2.46. The summed E-state index contributed by atoms with van der Waals surface area (Å²) in [5.41, 5.74) is 13.0. The van der Waals surface area contributed by atoms with Gasteiger partial charge in [0, 0.05) is 54.9 Å². The highest BCUT2D eigenvalue weighted by Gasteiger charge is 2.19. The number of anilines is 3. The molecule has 1 saturated heterocycles. The van der Waals surface area contributed by atoms with Crippen molar-refractivity contribution in [3.63, 3.8) is 0 Å². The number of nitrogens with two attached hydrogens (primary N) is 1. The maximum absolute atomic E-state index is 12.9. The molecule has 0 spiro atoms. The quantitative estimate of drug-likeness (QED) is 0.584. The molecule has 33 heavy (non-hydrogen) atoms. The van der Waals surface area contributed by atoms with Crippen molar-refractivity contribution >= 4 is 29.4 Å². The Labute approximate surface area is 194 Å². The van der Waals surface area contributed by atoms with E-state index in [1.54, 1.807) is 36.5 Å². The molecule has 0 bridgehead atoms. The van der Waals surface area contributed by atoms with Crippen LogP contribution in [0.2, 0.25) is 0 Å². The van der Waals surface area contributed by atoms with Gasteiger partial charge in [-0.3, -0.25) is 9.59 Å². The number of aryl methyl sites for hydroxylation is 2. The molecule has 2 heterocycles. The minimum atomic E-state index is -0.344. The highest BCUT2D eigenvalue weighted by Crippen LogP contribution is 2.32. The third kappa shape index (κ3) is 4.88. The molecule has 1 aromatic heterocycles. The van der Waals surface area contributed by atoms with E-state index in [1.807, 2.05) is 0 Å². The Hall–Kier alpha value is -3.71. The Bertz CT molecular complexity index is 1160. The zero-order valence-electron chi connectivity index (χ0n) is 19.3. The highest BCUT2D eigenvalue weighted by atomic mass is 16.1. The van der Waals surface area contributed by atoms with Crippen molar-refractivity contribution in [1.82, 2.24) is 9.88 Å². The van der Waals surface area contributed by atoms with E-state index in [-0.39, 0.29) is 11.7 Å². The van der Waals surface area contributed by atoms with Crippen molar-refractivity contribution < 1.29 is 9.59 Å². The maximum atomic E-state index is 12.9. The summed E-state index contributed by atoms with van der Waals surface area (Å²) in [5.74, 6) is -0.175. The molecule has 1 aliphatic rings. The molecule has 0 saturated carbocycles. The van der Waals surface area contributed by atoms with E-state index in [1.165, 1.54) is 16.8 Å². The topological polar surface area (TPSA) is 91.6 Å². The summed E-state index contributed by atoms with van der Waals surface area (Å²) >= 11 is 0. The van der Waals surface area contributed by atoms with Crippen molar-refractivity contribution in [2.75, 3.05) is 49.2 Å². The number of benzene rings is 2. The highest BCUT2D eigenvalue weighted by molar-refractivity contribution is 6.08. The number of piperazine rings is 1. The molecule has 1 fully saturated rings. The molecular weight excluding hydrogens is 414 g/mol. The molecule has 3 N–H and O–H groups in total. The summed E-state index contributed by atoms with van der Waals surface area (Å²) in [6.45, 7) is 8.40. The molecule has 7 heteroatoms. The van der Waals surface area contributed by atoms with E-state index in [0.29, 0.717) is 16.8 Å². The van der Waals surface area contributed by atoms with Gasteiger partial charge in [0.15, 0.2) is 0 Å². The Morgan fingerprint density at radius 2 is 1.64 bits per heavy atom. The minimum Gasteiger partial charge on any atom is -0.383 e. The molecule has 3 aromatic rings. The number of nitrogens with zero attached hydrogens (tertiary/aromatic N) is 3. The Morgan fingerprint density at radius 1 is 1.00 bits per heavy atom. The summed E-state index contributed by atoms with van der Waals surface area (Å²) in [6, 6.07) is 12.7. The van der Waals surface area contributed by atoms with Gasteiger partial charge < -0.3 is 20.9 Å². The van der Waals surface area contributed by atoms with Gasteiger partial charge in [-0.05, 0) is 80.1 Å².